The van der Waals surface area contributed by atoms with Gasteiger partial charge in [-0.2, -0.15) is 5.26 Å². The van der Waals surface area contributed by atoms with E-state index in [2.05, 4.69) is 20.7 Å². The lowest BCUT2D eigenvalue weighted by molar-refractivity contribution is 0.601. The van der Waals surface area contributed by atoms with E-state index in [9.17, 15) is 12.8 Å². The number of nitrogens with zero attached hydrogens (tertiary/aromatic N) is 1. The Balaban J connectivity index is 2.41. The zero-order valence-corrected chi connectivity index (χ0v) is 12.4. The monoisotopic (exact) mass is 354 g/mol. The van der Waals surface area contributed by atoms with Gasteiger partial charge in [0.25, 0.3) is 10.0 Å². The molecule has 0 aromatic heterocycles. The smallest absolute Gasteiger partial charge is 0.261 e. The second kappa shape index (κ2) is 5.61. The molecule has 0 unspecified atom stereocenters. The average Bonchev–Trinajstić information content (AvgIpc) is 2.43. The molecule has 0 spiro atoms. The number of nitrogens with one attached hydrogen (secondary N) is 1. The van der Waals surface area contributed by atoms with Gasteiger partial charge in [0.05, 0.1) is 22.2 Å². The van der Waals surface area contributed by atoms with Gasteiger partial charge in [-0.25, -0.2) is 12.8 Å². The maximum absolute atomic E-state index is 13.1. The number of anilines is 1. The number of benzene rings is 2. The van der Waals surface area contributed by atoms with Gasteiger partial charge in [-0.05, 0) is 52.3 Å². The van der Waals surface area contributed by atoms with Gasteiger partial charge in [0.2, 0.25) is 0 Å². The van der Waals surface area contributed by atoms with E-state index in [-0.39, 0.29) is 16.1 Å². The van der Waals surface area contributed by atoms with E-state index in [0.29, 0.717) is 4.47 Å². The molecule has 2 aromatic rings. The molecule has 7 heteroatoms. The van der Waals surface area contributed by atoms with Gasteiger partial charge in [-0.1, -0.05) is 6.07 Å². The predicted octanol–water partition coefficient (Wildman–Crippen LogP) is 3.26. The van der Waals surface area contributed by atoms with Crippen molar-refractivity contribution < 1.29 is 12.8 Å². The Hall–Kier alpha value is -1.91. The van der Waals surface area contributed by atoms with Crippen molar-refractivity contribution in [3.8, 4) is 6.07 Å². The molecule has 2 rings (SSSR count). The van der Waals surface area contributed by atoms with Crippen LogP contribution in [0.1, 0.15) is 5.56 Å². The van der Waals surface area contributed by atoms with Crippen LogP contribution in [0.5, 0.6) is 0 Å². The molecule has 0 fully saturated rings. The zero-order valence-electron chi connectivity index (χ0n) is 9.97. The van der Waals surface area contributed by atoms with E-state index in [0.717, 1.165) is 6.07 Å². The minimum atomic E-state index is -3.88. The third-order valence-electron chi connectivity index (χ3n) is 2.45. The Labute approximate surface area is 124 Å². The minimum Gasteiger partial charge on any atom is -0.278 e. The molecule has 1 N–H and O–H groups in total. The van der Waals surface area contributed by atoms with Gasteiger partial charge in [0.1, 0.15) is 5.82 Å². The zero-order chi connectivity index (χ0) is 14.8. The molecule has 0 radical (unpaired) electrons. The summed E-state index contributed by atoms with van der Waals surface area (Å²) in [7, 11) is -3.88. The molecule has 4 nitrogen and oxygen atoms in total. The SMILES string of the molecule is N#Cc1cccc(S(=O)(=O)Nc2cc(F)ccc2Br)c1. The molecule has 0 amide bonds. The van der Waals surface area contributed by atoms with Crippen LogP contribution in [0.3, 0.4) is 0 Å². The lowest BCUT2D eigenvalue weighted by Crippen LogP contribution is -2.13. The Morgan fingerprint density at radius 1 is 1.20 bits per heavy atom. The van der Waals surface area contributed by atoms with Crippen molar-refractivity contribution >= 4 is 31.6 Å². The maximum Gasteiger partial charge on any atom is 0.261 e. The van der Waals surface area contributed by atoms with Gasteiger partial charge >= 0.3 is 0 Å². The van der Waals surface area contributed by atoms with Crippen molar-refractivity contribution in [3.63, 3.8) is 0 Å². The van der Waals surface area contributed by atoms with E-state index < -0.39 is 15.8 Å². The summed E-state index contributed by atoms with van der Waals surface area (Å²) in [4.78, 5) is -0.0623. The number of hydrogen-bond donors (Lipinski definition) is 1. The quantitative estimate of drug-likeness (QED) is 0.919. The van der Waals surface area contributed by atoms with Crippen LogP contribution < -0.4 is 4.72 Å². The second-order valence-corrected chi connectivity index (χ2v) is 6.41. The van der Waals surface area contributed by atoms with E-state index >= 15 is 0 Å². The summed E-state index contributed by atoms with van der Waals surface area (Å²) < 4.78 is 40.2. The third kappa shape index (κ3) is 3.15. The molecule has 0 heterocycles. The predicted molar refractivity (Wildman–Crippen MR) is 76.1 cm³/mol. The van der Waals surface area contributed by atoms with Crippen molar-refractivity contribution in [3.05, 3.63) is 58.3 Å². The largest absolute Gasteiger partial charge is 0.278 e. The Morgan fingerprint density at radius 3 is 2.65 bits per heavy atom. The van der Waals surface area contributed by atoms with Crippen LogP contribution in [0, 0.1) is 17.1 Å². The highest BCUT2D eigenvalue weighted by Gasteiger charge is 2.16. The van der Waals surface area contributed by atoms with E-state index in [1.165, 1.54) is 36.4 Å². The number of halogens is 2. The molecule has 0 atom stereocenters. The Kier molecular flexibility index (Phi) is 4.06. The standard InChI is InChI=1S/C13H8BrFN2O2S/c14-12-5-4-10(15)7-13(12)17-20(18,19)11-3-1-2-9(6-11)8-16/h1-7,17H. The van der Waals surface area contributed by atoms with Crippen LogP contribution in [-0.4, -0.2) is 8.42 Å². The van der Waals surface area contributed by atoms with Gasteiger partial charge in [0.15, 0.2) is 0 Å². The highest BCUT2D eigenvalue weighted by molar-refractivity contribution is 9.10. The fourth-order valence-corrected chi connectivity index (χ4v) is 3.11. The first kappa shape index (κ1) is 14.5. The molecular weight excluding hydrogens is 347 g/mol. The van der Waals surface area contributed by atoms with Crippen LogP contribution in [-0.2, 0) is 10.0 Å². The summed E-state index contributed by atoms with van der Waals surface area (Å²) in [6, 6.07) is 11.1. The van der Waals surface area contributed by atoms with Crippen LogP contribution in [0.4, 0.5) is 10.1 Å². The van der Waals surface area contributed by atoms with Crippen LogP contribution in [0.2, 0.25) is 0 Å². The molecule has 20 heavy (non-hydrogen) atoms. The minimum absolute atomic E-state index is 0.0623. The topological polar surface area (TPSA) is 70.0 Å². The van der Waals surface area contributed by atoms with Gasteiger partial charge in [-0.15, -0.1) is 0 Å². The number of rotatable bonds is 3. The molecule has 0 aliphatic rings. The summed E-state index contributed by atoms with van der Waals surface area (Å²) in [6.45, 7) is 0. The molecule has 0 saturated carbocycles. The first-order valence-corrected chi connectivity index (χ1v) is 7.68. The first-order chi connectivity index (χ1) is 9.42. The summed E-state index contributed by atoms with van der Waals surface area (Å²) >= 11 is 3.14. The molecular formula is C13H8BrFN2O2S. The average molecular weight is 355 g/mol. The van der Waals surface area contributed by atoms with E-state index in [1.54, 1.807) is 0 Å². The first-order valence-electron chi connectivity index (χ1n) is 5.40. The molecule has 102 valence electrons. The fraction of sp³-hybridized carbons (Fsp3) is 0. The third-order valence-corrected chi connectivity index (χ3v) is 4.50. The second-order valence-electron chi connectivity index (χ2n) is 3.87. The molecule has 0 bridgehead atoms. The van der Waals surface area contributed by atoms with Crippen LogP contribution in [0.25, 0.3) is 0 Å². The van der Waals surface area contributed by atoms with Crippen molar-refractivity contribution in [2.75, 3.05) is 4.72 Å². The Morgan fingerprint density at radius 2 is 1.95 bits per heavy atom. The Bertz CT molecular complexity index is 800. The van der Waals surface area contributed by atoms with Crippen molar-refractivity contribution in [1.82, 2.24) is 0 Å². The lowest BCUT2D eigenvalue weighted by atomic mass is 10.2. The van der Waals surface area contributed by atoms with Gasteiger partial charge < -0.3 is 0 Å². The summed E-state index contributed by atoms with van der Waals surface area (Å²) in [5.41, 5.74) is 0.318. The number of nitriles is 1. The van der Waals surface area contributed by atoms with Crippen molar-refractivity contribution in [1.29, 1.82) is 5.26 Å². The summed E-state index contributed by atoms with van der Waals surface area (Å²) in [5.74, 6) is -0.559. The molecule has 0 aliphatic heterocycles. The van der Waals surface area contributed by atoms with Gasteiger partial charge in [0, 0.05) is 4.47 Å². The maximum atomic E-state index is 13.1. The van der Waals surface area contributed by atoms with Gasteiger partial charge in [-0.3, -0.25) is 4.72 Å². The lowest BCUT2D eigenvalue weighted by Gasteiger charge is -2.10. The molecule has 0 saturated heterocycles. The normalized spacial score (nSPS) is 10.8. The van der Waals surface area contributed by atoms with Crippen molar-refractivity contribution in [2.24, 2.45) is 0 Å². The number of sulfonamides is 1. The summed E-state index contributed by atoms with van der Waals surface area (Å²) in [5, 5.41) is 8.78. The van der Waals surface area contributed by atoms with Crippen molar-refractivity contribution in [2.45, 2.75) is 4.90 Å². The summed E-state index contributed by atoms with van der Waals surface area (Å²) in [6.07, 6.45) is 0. The fourth-order valence-electron chi connectivity index (χ4n) is 1.51. The van der Waals surface area contributed by atoms with Crippen LogP contribution >= 0.6 is 15.9 Å². The van der Waals surface area contributed by atoms with E-state index in [4.69, 9.17) is 5.26 Å². The van der Waals surface area contributed by atoms with Crippen LogP contribution in [0.15, 0.2) is 51.8 Å². The number of hydrogen-bond acceptors (Lipinski definition) is 3. The molecule has 0 aliphatic carbocycles. The van der Waals surface area contributed by atoms with E-state index in [1.807, 2.05) is 6.07 Å². The highest BCUT2D eigenvalue weighted by Crippen LogP contribution is 2.26. The highest BCUT2D eigenvalue weighted by atomic mass is 79.9. The molecule has 2 aromatic carbocycles.